The van der Waals surface area contributed by atoms with Crippen LogP contribution in [0.25, 0.3) is 0 Å². The lowest BCUT2D eigenvalue weighted by molar-refractivity contribution is -0.126. The minimum atomic E-state index is -3.09. The van der Waals surface area contributed by atoms with Crippen molar-refractivity contribution in [3.63, 3.8) is 0 Å². The maximum absolute atomic E-state index is 13.2. The Labute approximate surface area is 193 Å². The van der Waals surface area contributed by atoms with Crippen LogP contribution in [-0.4, -0.2) is 68.3 Å². The Bertz CT molecular complexity index is 842. The predicted octanol–water partition coefficient (Wildman–Crippen LogP) is 2.82. The Kier molecular flexibility index (Phi) is 8.25. The number of nitrogens with zero attached hydrogens (tertiary/aromatic N) is 2. The van der Waals surface area contributed by atoms with Gasteiger partial charge in [-0.2, -0.15) is 8.78 Å². The van der Waals surface area contributed by atoms with Crippen LogP contribution in [0.15, 0.2) is 18.2 Å². The van der Waals surface area contributed by atoms with Crippen LogP contribution in [0.3, 0.4) is 0 Å². The molecule has 1 saturated heterocycles. The van der Waals surface area contributed by atoms with Gasteiger partial charge in [0.25, 0.3) is 5.91 Å². The van der Waals surface area contributed by atoms with Gasteiger partial charge in [0, 0.05) is 37.4 Å². The van der Waals surface area contributed by atoms with Crippen LogP contribution < -0.4 is 20.7 Å². The number of benzene rings is 1. The van der Waals surface area contributed by atoms with Gasteiger partial charge in [-0.25, -0.2) is 0 Å². The lowest BCUT2D eigenvalue weighted by atomic mass is 9.86. The fraction of sp³-hybridized carbons (Fsp3) is 0.652. The molecule has 1 aliphatic carbocycles. The zero-order valence-electron chi connectivity index (χ0n) is 19.5. The van der Waals surface area contributed by atoms with Gasteiger partial charge in [0.05, 0.1) is 12.3 Å². The molecule has 33 heavy (non-hydrogen) atoms. The molecule has 1 aliphatic heterocycles. The highest BCUT2D eigenvalue weighted by atomic mass is 19.3. The maximum atomic E-state index is 13.2. The number of rotatable bonds is 9. The number of halogens is 2. The summed E-state index contributed by atoms with van der Waals surface area (Å²) in [5.41, 5.74) is 6.47. The summed E-state index contributed by atoms with van der Waals surface area (Å²) in [7, 11) is 0. The van der Waals surface area contributed by atoms with Gasteiger partial charge in [-0.3, -0.25) is 14.5 Å². The van der Waals surface area contributed by atoms with E-state index in [2.05, 4.69) is 35.7 Å². The molecule has 1 atom stereocenters. The number of anilines is 2. The summed E-state index contributed by atoms with van der Waals surface area (Å²) in [5, 5.41) is 2.73. The number of carbonyl (C=O) groups is 2. The summed E-state index contributed by atoms with van der Waals surface area (Å²) in [4.78, 5) is 28.9. The minimum Gasteiger partial charge on any atom is -0.433 e. The van der Waals surface area contributed by atoms with E-state index in [0.29, 0.717) is 25.4 Å². The van der Waals surface area contributed by atoms with E-state index in [1.165, 1.54) is 17.0 Å². The standard InChI is InChI=1S/C23H34F2N4O4/c1-23(2,3)14-29(15-5-4-6-15)18(12-26)21(31)27-17-8-7-16(11-19(17)33-22(24)25)28-9-10-32-13-20(28)30/h7-8,11,15,18,22H,4-6,9-10,12-14,26H2,1-3H3,(H,27,31)/t18-/m0/s1. The van der Waals surface area contributed by atoms with Gasteiger partial charge in [0.1, 0.15) is 12.6 Å². The summed E-state index contributed by atoms with van der Waals surface area (Å²) in [6.07, 6.45) is 3.11. The molecular formula is C23H34F2N4O4. The molecule has 2 fully saturated rings. The van der Waals surface area contributed by atoms with Crippen LogP contribution in [-0.2, 0) is 14.3 Å². The molecule has 0 aromatic heterocycles. The molecule has 0 radical (unpaired) electrons. The lowest BCUT2D eigenvalue weighted by Gasteiger charge is -2.44. The second kappa shape index (κ2) is 10.8. The molecule has 184 valence electrons. The number of nitrogens with one attached hydrogen (secondary N) is 1. The fourth-order valence-corrected chi connectivity index (χ4v) is 4.14. The summed E-state index contributed by atoms with van der Waals surface area (Å²) in [6, 6.07) is 4.07. The molecule has 1 aromatic carbocycles. The number of alkyl halides is 2. The highest BCUT2D eigenvalue weighted by Crippen LogP contribution is 2.34. The van der Waals surface area contributed by atoms with Crippen LogP contribution in [0.2, 0.25) is 0 Å². The van der Waals surface area contributed by atoms with Crippen molar-refractivity contribution in [2.45, 2.75) is 58.7 Å². The van der Waals surface area contributed by atoms with Gasteiger partial charge >= 0.3 is 6.61 Å². The van der Waals surface area contributed by atoms with E-state index in [-0.39, 0.29) is 47.9 Å². The van der Waals surface area contributed by atoms with Gasteiger partial charge in [0.2, 0.25) is 5.91 Å². The van der Waals surface area contributed by atoms with Crippen molar-refractivity contribution in [2.24, 2.45) is 11.1 Å². The van der Waals surface area contributed by atoms with Crippen LogP contribution in [0.5, 0.6) is 5.75 Å². The van der Waals surface area contributed by atoms with E-state index in [4.69, 9.17) is 10.5 Å². The minimum absolute atomic E-state index is 0.0421. The van der Waals surface area contributed by atoms with E-state index in [1.807, 2.05) is 0 Å². The van der Waals surface area contributed by atoms with Gasteiger partial charge < -0.3 is 25.4 Å². The molecule has 2 amide bonds. The number of nitrogens with two attached hydrogens (primary N) is 1. The van der Waals surface area contributed by atoms with E-state index >= 15 is 0 Å². The largest absolute Gasteiger partial charge is 0.433 e. The van der Waals surface area contributed by atoms with Crippen molar-refractivity contribution in [1.82, 2.24) is 4.90 Å². The molecule has 8 nitrogen and oxygen atoms in total. The molecule has 1 aromatic rings. The third-order valence-electron chi connectivity index (χ3n) is 5.86. The molecule has 3 rings (SSSR count). The SMILES string of the molecule is CC(C)(C)CN(C1CCC1)[C@@H](CN)C(=O)Nc1ccc(N2CCOCC2=O)cc1OC(F)F. The molecular weight excluding hydrogens is 434 g/mol. The zero-order chi connectivity index (χ0) is 24.2. The summed E-state index contributed by atoms with van der Waals surface area (Å²) < 4.78 is 36.0. The molecule has 3 N–H and O–H groups in total. The Morgan fingerprint density at radius 1 is 1.36 bits per heavy atom. The predicted molar refractivity (Wildman–Crippen MR) is 122 cm³/mol. The van der Waals surface area contributed by atoms with Crippen molar-refractivity contribution >= 4 is 23.2 Å². The summed E-state index contributed by atoms with van der Waals surface area (Å²) >= 11 is 0. The number of morpholine rings is 1. The van der Waals surface area contributed by atoms with E-state index in [9.17, 15) is 18.4 Å². The molecule has 1 heterocycles. The third-order valence-corrected chi connectivity index (χ3v) is 5.86. The van der Waals surface area contributed by atoms with Crippen LogP contribution in [0.4, 0.5) is 20.2 Å². The number of hydrogen-bond donors (Lipinski definition) is 2. The Hall–Kier alpha value is -2.30. The maximum Gasteiger partial charge on any atom is 0.387 e. The van der Waals surface area contributed by atoms with Crippen LogP contribution in [0, 0.1) is 5.41 Å². The van der Waals surface area contributed by atoms with E-state index < -0.39 is 12.7 Å². The van der Waals surface area contributed by atoms with Crippen molar-refractivity contribution < 1.29 is 27.8 Å². The first-order valence-corrected chi connectivity index (χ1v) is 11.3. The highest BCUT2D eigenvalue weighted by molar-refractivity contribution is 5.98. The van der Waals surface area contributed by atoms with Crippen molar-refractivity contribution in [1.29, 1.82) is 0 Å². The Morgan fingerprint density at radius 3 is 2.64 bits per heavy atom. The first kappa shape index (κ1) is 25.3. The molecule has 2 aliphatic rings. The topological polar surface area (TPSA) is 97.1 Å². The second-order valence-electron chi connectivity index (χ2n) is 9.72. The van der Waals surface area contributed by atoms with Gasteiger partial charge in [0.15, 0.2) is 5.75 Å². The lowest BCUT2D eigenvalue weighted by Crippen LogP contribution is -2.57. The van der Waals surface area contributed by atoms with Crippen LogP contribution >= 0.6 is 0 Å². The molecule has 0 bridgehead atoms. The molecule has 10 heteroatoms. The van der Waals surface area contributed by atoms with E-state index in [0.717, 1.165) is 19.3 Å². The summed E-state index contributed by atoms with van der Waals surface area (Å²) in [6.45, 7) is 4.57. The number of amides is 2. The monoisotopic (exact) mass is 468 g/mol. The smallest absolute Gasteiger partial charge is 0.387 e. The van der Waals surface area contributed by atoms with Crippen LogP contribution in [0.1, 0.15) is 40.0 Å². The van der Waals surface area contributed by atoms with Crippen molar-refractivity contribution in [3.05, 3.63) is 18.2 Å². The average molecular weight is 469 g/mol. The molecule has 0 unspecified atom stereocenters. The zero-order valence-corrected chi connectivity index (χ0v) is 19.5. The van der Waals surface area contributed by atoms with Gasteiger partial charge in [-0.05, 0) is 30.4 Å². The number of ether oxygens (including phenoxy) is 2. The third kappa shape index (κ3) is 6.61. The van der Waals surface area contributed by atoms with Gasteiger partial charge in [-0.1, -0.05) is 27.2 Å². The fourth-order valence-electron chi connectivity index (χ4n) is 4.14. The Balaban J connectivity index is 1.83. The second-order valence-corrected chi connectivity index (χ2v) is 9.72. The summed E-state index contributed by atoms with van der Waals surface area (Å²) in [5.74, 6) is -0.859. The molecule has 1 saturated carbocycles. The number of hydrogen-bond acceptors (Lipinski definition) is 6. The highest BCUT2D eigenvalue weighted by Gasteiger charge is 2.36. The van der Waals surface area contributed by atoms with Gasteiger partial charge in [-0.15, -0.1) is 0 Å². The van der Waals surface area contributed by atoms with Crippen molar-refractivity contribution in [2.75, 3.05) is 43.1 Å². The number of carbonyl (C=O) groups excluding carboxylic acids is 2. The van der Waals surface area contributed by atoms with E-state index in [1.54, 1.807) is 6.07 Å². The molecule has 0 spiro atoms. The average Bonchev–Trinajstić information content (AvgIpc) is 2.67. The van der Waals surface area contributed by atoms with Crippen molar-refractivity contribution in [3.8, 4) is 5.75 Å². The normalized spacial score (nSPS) is 18.4. The first-order valence-electron chi connectivity index (χ1n) is 11.3. The Morgan fingerprint density at radius 2 is 2.09 bits per heavy atom. The quantitative estimate of drug-likeness (QED) is 0.579. The first-order chi connectivity index (χ1) is 15.6.